The molecule has 1 fully saturated rings. The van der Waals surface area contributed by atoms with E-state index in [-0.39, 0.29) is 5.82 Å². The summed E-state index contributed by atoms with van der Waals surface area (Å²) in [5.41, 5.74) is 5.20. The molecule has 0 spiro atoms. The van der Waals surface area contributed by atoms with Gasteiger partial charge in [-0.25, -0.2) is 4.39 Å². The Morgan fingerprint density at radius 1 is 1.03 bits per heavy atom. The van der Waals surface area contributed by atoms with Gasteiger partial charge in [0, 0.05) is 39.5 Å². The van der Waals surface area contributed by atoms with Gasteiger partial charge in [0.2, 0.25) is 0 Å². The summed E-state index contributed by atoms with van der Waals surface area (Å²) in [6, 6.07) is 21.9. The quantitative estimate of drug-likeness (QED) is 0.251. The van der Waals surface area contributed by atoms with Gasteiger partial charge < -0.3 is 14.0 Å². The number of fused-ring (bicyclic) bond motifs is 1. The third kappa shape index (κ3) is 4.16. The number of hydrogen-bond donors (Lipinski definition) is 0. The van der Waals surface area contributed by atoms with Crippen LogP contribution in [0.5, 0.6) is 5.75 Å². The zero-order valence-electron chi connectivity index (χ0n) is 18.0. The molecule has 164 valence electrons. The highest BCUT2D eigenvalue weighted by Crippen LogP contribution is 2.40. The summed E-state index contributed by atoms with van der Waals surface area (Å²) in [5.74, 6) is 1.08. The van der Waals surface area contributed by atoms with Crippen LogP contribution in [0.2, 0.25) is 0 Å². The molecule has 0 N–H and O–H groups in total. The number of halogens is 2. The fraction of sp³-hybridized carbons (Fsp3) is 0.259. The first-order chi connectivity index (χ1) is 15.6. The van der Waals surface area contributed by atoms with Crippen molar-refractivity contribution < 1.29 is 13.9 Å². The average molecular weight is 541 g/mol. The molecule has 1 aliphatic heterocycles. The number of aromatic nitrogens is 1. The van der Waals surface area contributed by atoms with Crippen LogP contribution in [0.4, 0.5) is 4.39 Å². The first-order valence-corrected chi connectivity index (χ1v) is 12.0. The Morgan fingerprint density at radius 2 is 1.81 bits per heavy atom. The fourth-order valence-electron chi connectivity index (χ4n) is 4.46. The number of benzene rings is 3. The minimum atomic E-state index is -0.177. The fourth-order valence-corrected chi connectivity index (χ4v) is 5.58. The van der Waals surface area contributed by atoms with Crippen LogP contribution < -0.4 is 4.74 Å². The van der Waals surface area contributed by atoms with E-state index in [1.807, 2.05) is 43.3 Å². The molecule has 0 amide bonds. The molecule has 1 aromatic heterocycles. The predicted octanol–water partition coefficient (Wildman–Crippen LogP) is 7.16. The SMILES string of the molecule is Cc1cc(-n2c(C3CCOCC3)c(I)c3cc(OCc4ccccc4)ccc32)ccc1F. The van der Waals surface area contributed by atoms with Crippen molar-refractivity contribution in [3.63, 3.8) is 0 Å². The van der Waals surface area contributed by atoms with E-state index in [9.17, 15) is 4.39 Å². The van der Waals surface area contributed by atoms with E-state index in [1.165, 1.54) is 14.7 Å². The van der Waals surface area contributed by atoms with Crippen LogP contribution >= 0.6 is 22.6 Å². The zero-order valence-corrected chi connectivity index (χ0v) is 20.1. The molecule has 0 atom stereocenters. The molecule has 32 heavy (non-hydrogen) atoms. The van der Waals surface area contributed by atoms with Gasteiger partial charge in [-0.05, 0) is 89.9 Å². The van der Waals surface area contributed by atoms with Crippen molar-refractivity contribution in [2.24, 2.45) is 0 Å². The molecule has 0 saturated carbocycles. The van der Waals surface area contributed by atoms with E-state index < -0.39 is 0 Å². The standard InChI is InChI=1S/C27H25FINO2/c1-18-15-21(7-9-24(18)28)30-25-10-8-22(32-17-19-5-3-2-4-6-19)16-23(25)26(29)27(30)20-11-13-31-14-12-20/h2-10,15-16,20H,11-14,17H2,1H3. The third-order valence-electron chi connectivity index (χ3n) is 6.17. The van der Waals surface area contributed by atoms with Crippen LogP contribution in [0.3, 0.4) is 0 Å². The van der Waals surface area contributed by atoms with Gasteiger partial charge >= 0.3 is 0 Å². The maximum absolute atomic E-state index is 14.0. The molecule has 3 aromatic carbocycles. The Balaban J connectivity index is 1.60. The largest absolute Gasteiger partial charge is 0.489 e. The molecule has 0 bridgehead atoms. The number of aryl methyl sites for hydroxylation is 1. The smallest absolute Gasteiger partial charge is 0.126 e. The van der Waals surface area contributed by atoms with Gasteiger partial charge in [0.25, 0.3) is 0 Å². The van der Waals surface area contributed by atoms with Crippen LogP contribution in [-0.4, -0.2) is 17.8 Å². The minimum Gasteiger partial charge on any atom is -0.489 e. The molecule has 4 aromatic rings. The van der Waals surface area contributed by atoms with Crippen LogP contribution in [0, 0.1) is 16.3 Å². The maximum Gasteiger partial charge on any atom is 0.126 e. The third-order valence-corrected chi connectivity index (χ3v) is 7.30. The Morgan fingerprint density at radius 3 is 2.56 bits per heavy atom. The molecule has 0 aliphatic carbocycles. The van der Waals surface area contributed by atoms with E-state index in [1.54, 1.807) is 6.07 Å². The van der Waals surface area contributed by atoms with E-state index in [2.05, 4.69) is 51.4 Å². The van der Waals surface area contributed by atoms with Crippen molar-refractivity contribution in [2.45, 2.75) is 32.3 Å². The lowest BCUT2D eigenvalue weighted by Gasteiger charge is -2.25. The van der Waals surface area contributed by atoms with E-state index in [0.717, 1.165) is 48.6 Å². The zero-order chi connectivity index (χ0) is 22.1. The highest BCUT2D eigenvalue weighted by Gasteiger charge is 2.26. The van der Waals surface area contributed by atoms with Crippen molar-refractivity contribution in [3.8, 4) is 11.4 Å². The summed E-state index contributed by atoms with van der Waals surface area (Å²) in [6.45, 7) is 3.90. The first kappa shape index (κ1) is 21.5. The summed E-state index contributed by atoms with van der Waals surface area (Å²) in [5, 5.41) is 1.17. The second-order valence-electron chi connectivity index (χ2n) is 8.31. The minimum absolute atomic E-state index is 0.177. The normalized spacial score (nSPS) is 14.7. The number of ether oxygens (including phenoxy) is 2. The number of hydrogen-bond acceptors (Lipinski definition) is 2. The van der Waals surface area contributed by atoms with Crippen LogP contribution in [-0.2, 0) is 11.3 Å². The van der Waals surface area contributed by atoms with Crippen LogP contribution in [0.1, 0.15) is 35.6 Å². The van der Waals surface area contributed by atoms with Crippen molar-refractivity contribution in [1.82, 2.24) is 4.57 Å². The van der Waals surface area contributed by atoms with Gasteiger partial charge in [-0.3, -0.25) is 0 Å². The summed E-state index contributed by atoms with van der Waals surface area (Å²) >= 11 is 2.47. The van der Waals surface area contributed by atoms with Gasteiger partial charge in [-0.2, -0.15) is 0 Å². The summed E-state index contributed by atoms with van der Waals surface area (Å²) in [4.78, 5) is 0. The molecule has 0 unspecified atom stereocenters. The lowest BCUT2D eigenvalue weighted by Crippen LogP contribution is -2.17. The summed E-state index contributed by atoms with van der Waals surface area (Å²) in [6.07, 6.45) is 1.98. The highest BCUT2D eigenvalue weighted by atomic mass is 127. The lowest BCUT2D eigenvalue weighted by atomic mass is 9.96. The Kier molecular flexibility index (Phi) is 6.20. The summed E-state index contributed by atoms with van der Waals surface area (Å²) in [7, 11) is 0. The maximum atomic E-state index is 14.0. The second kappa shape index (κ2) is 9.24. The molecule has 1 saturated heterocycles. The Labute approximate surface area is 201 Å². The molecule has 0 radical (unpaired) electrons. The predicted molar refractivity (Wildman–Crippen MR) is 134 cm³/mol. The molecule has 2 heterocycles. The Bertz CT molecular complexity index is 1250. The lowest BCUT2D eigenvalue weighted by molar-refractivity contribution is 0.0841. The molecule has 5 heteroatoms. The molecular weight excluding hydrogens is 516 g/mol. The van der Waals surface area contributed by atoms with E-state index in [4.69, 9.17) is 9.47 Å². The Hall–Kier alpha value is -2.38. The van der Waals surface area contributed by atoms with E-state index >= 15 is 0 Å². The van der Waals surface area contributed by atoms with Crippen molar-refractivity contribution >= 4 is 33.5 Å². The van der Waals surface area contributed by atoms with Crippen molar-refractivity contribution in [1.29, 1.82) is 0 Å². The van der Waals surface area contributed by atoms with Crippen LogP contribution in [0.25, 0.3) is 16.6 Å². The molecule has 5 rings (SSSR count). The highest BCUT2D eigenvalue weighted by molar-refractivity contribution is 14.1. The molecule has 1 aliphatic rings. The second-order valence-corrected chi connectivity index (χ2v) is 9.39. The van der Waals surface area contributed by atoms with Gasteiger partial charge in [0.05, 0.1) is 5.52 Å². The summed E-state index contributed by atoms with van der Waals surface area (Å²) < 4.78 is 29.3. The van der Waals surface area contributed by atoms with Crippen LogP contribution in [0.15, 0.2) is 66.7 Å². The first-order valence-electron chi connectivity index (χ1n) is 11.0. The monoisotopic (exact) mass is 541 g/mol. The number of nitrogens with zero attached hydrogens (tertiary/aromatic N) is 1. The topological polar surface area (TPSA) is 23.4 Å². The average Bonchev–Trinajstić information content (AvgIpc) is 3.12. The van der Waals surface area contributed by atoms with Crippen molar-refractivity contribution in [3.05, 3.63) is 92.9 Å². The van der Waals surface area contributed by atoms with Gasteiger partial charge in [0.15, 0.2) is 0 Å². The van der Waals surface area contributed by atoms with Gasteiger partial charge in [0.1, 0.15) is 18.2 Å². The van der Waals surface area contributed by atoms with Crippen molar-refractivity contribution in [2.75, 3.05) is 13.2 Å². The van der Waals surface area contributed by atoms with Gasteiger partial charge in [-0.1, -0.05) is 30.3 Å². The molecule has 3 nitrogen and oxygen atoms in total. The number of rotatable bonds is 5. The molecular formula is C27H25FINO2. The van der Waals surface area contributed by atoms with Gasteiger partial charge in [-0.15, -0.1) is 0 Å². The van der Waals surface area contributed by atoms with E-state index in [0.29, 0.717) is 18.1 Å².